The van der Waals surface area contributed by atoms with Gasteiger partial charge in [-0.1, -0.05) is 0 Å². The zero-order valence-electron chi connectivity index (χ0n) is 6.80. The molecule has 2 rings (SSSR count). The maximum absolute atomic E-state index is 5.31. The van der Waals surface area contributed by atoms with Crippen LogP contribution in [0, 0.1) is 3.57 Å². The molecule has 1 heterocycles. The van der Waals surface area contributed by atoms with Crippen molar-refractivity contribution in [3.63, 3.8) is 0 Å². The summed E-state index contributed by atoms with van der Waals surface area (Å²) in [5.74, 6) is 0.943. The zero-order valence-corrected chi connectivity index (χ0v) is 11.4. The number of halogens is 2. The van der Waals surface area contributed by atoms with Crippen LogP contribution in [0.15, 0.2) is 22.0 Å². The van der Waals surface area contributed by atoms with Gasteiger partial charge in [0.1, 0.15) is 3.79 Å². The summed E-state index contributed by atoms with van der Waals surface area (Å²) in [5.41, 5.74) is 0. The Balaban J connectivity index is 2.80. The highest BCUT2D eigenvalue weighted by Gasteiger charge is 2.09. The summed E-state index contributed by atoms with van der Waals surface area (Å²) in [4.78, 5) is 0. The minimum absolute atomic E-state index is 0.943. The SMILES string of the molecule is COc1c(Br)sc2ccc(I)cc12. The Morgan fingerprint density at radius 1 is 1.46 bits per heavy atom. The Kier molecular flexibility index (Phi) is 2.80. The van der Waals surface area contributed by atoms with E-state index in [0.29, 0.717) is 0 Å². The van der Waals surface area contributed by atoms with Gasteiger partial charge in [-0.2, -0.15) is 0 Å². The number of methoxy groups -OCH3 is 1. The largest absolute Gasteiger partial charge is 0.494 e. The van der Waals surface area contributed by atoms with Crippen LogP contribution in [-0.4, -0.2) is 7.11 Å². The lowest BCUT2D eigenvalue weighted by molar-refractivity contribution is 0.419. The first-order valence-corrected chi connectivity index (χ1v) is 6.32. The first kappa shape index (κ1) is 9.73. The highest BCUT2D eigenvalue weighted by molar-refractivity contribution is 14.1. The number of hydrogen-bond donors (Lipinski definition) is 0. The molecule has 4 heteroatoms. The first-order chi connectivity index (χ1) is 6.22. The molecule has 0 aliphatic heterocycles. The fraction of sp³-hybridized carbons (Fsp3) is 0.111. The summed E-state index contributed by atoms with van der Waals surface area (Å²) in [6.45, 7) is 0. The number of thiophene rings is 1. The van der Waals surface area contributed by atoms with E-state index in [9.17, 15) is 0 Å². The van der Waals surface area contributed by atoms with E-state index in [-0.39, 0.29) is 0 Å². The van der Waals surface area contributed by atoms with Crippen LogP contribution in [-0.2, 0) is 0 Å². The molecule has 0 bridgehead atoms. The molecule has 0 saturated carbocycles. The molecule has 0 fully saturated rings. The Bertz CT molecular complexity index is 452. The lowest BCUT2D eigenvalue weighted by atomic mass is 10.2. The van der Waals surface area contributed by atoms with Crippen LogP contribution < -0.4 is 4.74 Å². The van der Waals surface area contributed by atoms with Crippen molar-refractivity contribution >= 4 is 59.9 Å². The van der Waals surface area contributed by atoms with Crippen LogP contribution >= 0.6 is 49.9 Å². The predicted octanol–water partition coefficient (Wildman–Crippen LogP) is 4.28. The fourth-order valence-electron chi connectivity index (χ4n) is 1.21. The van der Waals surface area contributed by atoms with Crippen molar-refractivity contribution in [2.24, 2.45) is 0 Å². The first-order valence-electron chi connectivity index (χ1n) is 3.64. The van der Waals surface area contributed by atoms with Crippen LogP contribution in [0.5, 0.6) is 5.75 Å². The van der Waals surface area contributed by atoms with Gasteiger partial charge in [-0.05, 0) is 56.7 Å². The molecule has 0 aliphatic rings. The molecule has 0 saturated heterocycles. The van der Waals surface area contributed by atoms with Gasteiger partial charge in [0.25, 0.3) is 0 Å². The molecule has 68 valence electrons. The average Bonchev–Trinajstić information content (AvgIpc) is 2.40. The standard InChI is InChI=1S/C9H6BrIOS/c1-12-8-6-4-5(11)2-3-7(6)13-9(8)10/h2-4H,1H3. The van der Waals surface area contributed by atoms with Crippen LogP contribution in [0.25, 0.3) is 10.1 Å². The van der Waals surface area contributed by atoms with Crippen LogP contribution in [0.1, 0.15) is 0 Å². The van der Waals surface area contributed by atoms with Gasteiger partial charge in [-0.15, -0.1) is 11.3 Å². The molecular weight excluding hydrogens is 363 g/mol. The molecule has 0 radical (unpaired) electrons. The minimum Gasteiger partial charge on any atom is -0.494 e. The maximum atomic E-state index is 5.31. The van der Waals surface area contributed by atoms with Crippen molar-refractivity contribution in [2.45, 2.75) is 0 Å². The molecule has 0 N–H and O–H groups in total. The van der Waals surface area contributed by atoms with E-state index >= 15 is 0 Å². The van der Waals surface area contributed by atoms with Crippen molar-refractivity contribution in [3.8, 4) is 5.75 Å². The summed E-state index contributed by atoms with van der Waals surface area (Å²) in [7, 11) is 1.70. The molecule has 1 nitrogen and oxygen atoms in total. The molecule has 0 aliphatic carbocycles. The van der Waals surface area contributed by atoms with E-state index in [2.05, 4.69) is 56.7 Å². The molecule has 2 aromatic rings. The minimum atomic E-state index is 0.943. The molecule has 13 heavy (non-hydrogen) atoms. The zero-order chi connectivity index (χ0) is 9.42. The number of benzene rings is 1. The Morgan fingerprint density at radius 2 is 2.23 bits per heavy atom. The molecule has 1 aromatic carbocycles. The Hall–Kier alpha value is 0.190. The number of rotatable bonds is 1. The third-order valence-electron chi connectivity index (χ3n) is 1.77. The van der Waals surface area contributed by atoms with Gasteiger partial charge in [-0.25, -0.2) is 0 Å². The highest BCUT2D eigenvalue weighted by atomic mass is 127. The van der Waals surface area contributed by atoms with Gasteiger partial charge in [0, 0.05) is 13.7 Å². The van der Waals surface area contributed by atoms with Crippen molar-refractivity contribution in [1.82, 2.24) is 0 Å². The van der Waals surface area contributed by atoms with Gasteiger partial charge in [-0.3, -0.25) is 0 Å². The van der Waals surface area contributed by atoms with E-state index in [1.807, 2.05) is 0 Å². The van der Waals surface area contributed by atoms with Crippen molar-refractivity contribution in [1.29, 1.82) is 0 Å². The molecule has 0 spiro atoms. The quantitative estimate of drug-likeness (QED) is 0.683. The Labute approximate surface area is 102 Å². The third-order valence-corrected chi connectivity index (χ3v) is 4.23. The van der Waals surface area contributed by atoms with Crippen molar-refractivity contribution < 1.29 is 4.74 Å². The summed E-state index contributed by atoms with van der Waals surface area (Å²) in [6, 6.07) is 6.36. The highest BCUT2D eigenvalue weighted by Crippen LogP contribution is 2.41. The van der Waals surface area contributed by atoms with Crippen LogP contribution in [0.2, 0.25) is 0 Å². The molecule has 0 amide bonds. The van der Waals surface area contributed by atoms with Crippen molar-refractivity contribution in [2.75, 3.05) is 7.11 Å². The predicted molar refractivity (Wildman–Crippen MR) is 68.8 cm³/mol. The van der Waals surface area contributed by atoms with Crippen molar-refractivity contribution in [3.05, 3.63) is 25.6 Å². The monoisotopic (exact) mass is 368 g/mol. The van der Waals surface area contributed by atoms with E-state index in [4.69, 9.17) is 4.74 Å². The van der Waals surface area contributed by atoms with Crippen LogP contribution in [0.4, 0.5) is 0 Å². The third kappa shape index (κ3) is 1.71. The molecular formula is C9H6BrIOS. The van der Waals surface area contributed by atoms with E-state index < -0.39 is 0 Å². The second-order valence-electron chi connectivity index (χ2n) is 2.55. The average molecular weight is 369 g/mol. The topological polar surface area (TPSA) is 9.23 Å². The van der Waals surface area contributed by atoms with Gasteiger partial charge in [0.2, 0.25) is 0 Å². The summed E-state index contributed by atoms with van der Waals surface area (Å²) < 4.78 is 8.86. The summed E-state index contributed by atoms with van der Waals surface area (Å²) >= 11 is 7.49. The van der Waals surface area contributed by atoms with Crippen LogP contribution in [0.3, 0.4) is 0 Å². The lowest BCUT2D eigenvalue weighted by Crippen LogP contribution is -1.80. The van der Waals surface area contributed by atoms with E-state index in [1.54, 1.807) is 18.4 Å². The van der Waals surface area contributed by atoms with E-state index in [1.165, 1.54) is 13.7 Å². The molecule has 0 unspecified atom stereocenters. The normalized spacial score (nSPS) is 10.7. The number of hydrogen-bond acceptors (Lipinski definition) is 2. The summed E-state index contributed by atoms with van der Waals surface area (Å²) in [6.07, 6.45) is 0. The Morgan fingerprint density at radius 3 is 2.92 bits per heavy atom. The second kappa shape index (κ2) is 3.74. The smallest absolute Gasteiger partial charge is 0.151 e. The van der Waals surface area contributed by atoms with Gasteiger partial charge in [0.15, 0.2) is 5.75 Å². The lowest BCUT2D eigenvalue weighted by Gasteiger charge is -1.97. The second-order valence-corrected chi connectivity index (χ2v) is 6.17. The molecule has 1 aromatic heterocycles. The summed E-state index contributed by atoms with van der Waals surface area (Å²) in [5, 5.41) is 1.19. The molecule has 0 atom stereocenters. The number of ether oxygens (including phenoxy) is 1. The van der Waals surface area contributed by atoms with E-state index in [0.717, 1.165) is 9.54 Å². The van der Waals surface area contributed by atoms with Gasteiger partial charge >= 0.3 is 0 Å². The van der Waals surface area contributed by atoms with Gasteiger partial charge < -0.3 is 4.74 Å². The maximum Gasteiger partial charge on any atom is 0.151 e. The number of fused-ring (bicyclic) bond motifs is 1. The van der Waals surface area contributed by atoms with Gasteiger partial charge in [0.05, 0.1) is 7.11 Å². The fourth-order valence-corrected chi connectivity index (χ4v) is 3.47.